The maximum absolute atomic E-state index is 13.8. The number of aryl methyl sites for hydroxylation is 2. The van der Waals surface area contributed by atoms with Crippen LogP contribution in [0.5, 0.6) is 0 Å². The fourth-order valence-electron chi connectivity index (χ4n) is 3.36. The van der Waals surface area contributed by atoms with Gasteiger partial charge in [-0.1, -0.05) is 29.8 Å². The summed E-state index contributed by atoms with van der Waals surface area (Å²) in [5.74, 6) is -0.580. The number of amides is 1. The maximum Gasteiger partial charge on any atom is 0.275 e. The largest absolute Gasteiger partial charge is 0.352 e. The van der Waals surface area contributed by atoms with Crippen LogP contribution in [0, 0.1) is 12.7 Å². The average Bonchev–Trinajstić information content (AvgIpc) is 3.17. The molecular formula is C22H20FN3O2. The van der Waals surface area contributed by atoms with Crippen molar-refractivity contribution in [2.75, 3.05) is 0 Å². The molecule has 4 aromatic rings. The number of halogens is 1. The normalized spacial score (nSPS) is 11.2. The van der Waals surface area contributed by atoms with E-state index in [0.717, 1.165) is 16.6 Å². The molecule has 0 saturated heterocycles. The average molecular weight is 377 g/mol. The Labute approximate surface area is 161 Å². The first kappa shape index (κ1) is 18.0. The quantitative estimate of drug-likeness (QED) is 0.580. The second-order valence-electron chi connectivity index (χ2n) is 6.87. The highest BCUT2D eigenvalue weighted by molar-refractivity contribution is 5.80. The van der Waals surface area contributed by atoms with Crippen molar-refractivity contribution in [1.29, 1.82) is 0 Å². The van der Waals surface area contributed by atoms with Crippen molar-refractivity contribution in [3.05, 3.63) is 88.1 Å². The molecule has 142 valence electrons. The van der Waals surface area contributed by atoms with Crippen molar-refractivity contribution in [2.24, 2.45) is 0 Å². The van der Waals surface area contributed by atoms with E-state index < -0.39 is 5.82 Å². The molecule has 0 saturated carbocycles. The van der Waals surface area contributed by atoms with Gasteiger partial charge in [0.25, 0.3) is 5.56 Å². The highest BCUT2D eigenvalue weighted by atomic mass is 19.1. The number of nitrogens with zero attached hydrogens (tertiary/aromatic N) is 2. The van der Waals surface area contributed by atoms with Crippen LogP contribution in [-0.2, 0) is 17.9 Å². The van der Waals surface area contributed by atoms with Crippen LogP contribution in [0.4, 0.5) is 4.39 Å². The van der Waals surface area contributed by atoms with Crippen LogP contribution < -0.4 is 10.9 Å². The van der Waals surface area contributed by atoms with Crippen LogP contribution in [0.25, 0.3) is 16.6 Å². The van der Waals surface area contributed by atoms with Gasteiger partial charge < -0.3 is 14.3 Å². The van der Waals surface area contributed by atoms with Gasteiger partial charge in [0.1, 0.15) is 11.3 Å². The van der Waals surface area contributed by atoms with Gasteiger partial charge in [0.2, 0.25) is 5.91 Å². The minimum Gasteiger partial charge on any atom is -0.352 e. The third-order valence-corrected chi connectivity index (χ3v) is 4.87. The van der Waals surface area contributed by atoms with Crippen LogP contribution >= 0.6 is 0 Å². The van der Waals surface area contributed by atoms with Gasteiger partial charge in [0, 0.05) is 25.7 Å². The van der Waals surface area contributed by atoms with E-state index in [0.29, 0.717) is 17.6 Å². The molecule has 0 aliphatic rings. The van der Waals surface area contributed by atoms with E-state index in [-0.39, 0.29) is 24.4 Å². The fourth-order valence-corrected chi connectivity index (χ4v) is 3.36. The Bertz CT molecular complexity index is 1220. The highest BCUT2D eigenvalue weighted by Gasteiger charge is 2.12. The summed E-state index contributed by atoms with van der Waals surface area (Å²) in [4.78, 5) is 25.1. The number of fused-ring (bicyclic) bond motifs is 3. The Balaban J connectivity index is 1.56. The van der Waals surface area contributed by atoms with Crippen LogP contribution in [-0.4, -0.2) is 14.9 Å². The molecule has 2 aromatic carbocycles. The number of benzene rings is 2. The summed E-state index contributed by atoms with van der Waals surface area (Å²) in [7, 11) is 0. The summed E-state index contributed by atoms with van der Waals surface area (Å²) in [6, 6.07) is 15.8. The van der Waals surface area contributed by atoms with Crippen molar-refractivity contribution in [2.45, 2.75) is 26.4 Å². The van der Waals surface area contributed by atoms with Gasteiger partial charge in [-0.05, 0) is 42.8 Å². The molecule has 1 N–H and O–H groups in total. The van der Waals surface area contributed by atoms with Crippen molar-refractivity contribution in [1.82, 2.24) is 14.3 Å². The van der Waals surface area contributed by atoms with Gasteiger partial charge in [-0.3, -0.25) is 9.59 Å². The summed E-state index contributed by atoms with van der Waals surface area (Å²) in [6.45, 7) is 2.62. The molecule has 5 nitrogen and oxygen atoms in total. The standard InChI is InChI=1S/C22H20FN3O2/c1-15-4-6-16(7-5-15)14-24-21(27)10-12-26-20-13-17(23)8-9-18(20)25-11-2-3-19(25)22(26)28/h2-9,11,13H,10,12,14H2,1H3,(H,24,27). The summed E-state index contributed by atoms with van der Waals surface area (Å²) >= 11 is 0. The van der Waals surface area contributed by atoms with Crippen molar-refractivity contribution in [3.63, 3.8) is 0 Å². The third-order valence-electron chi connectivity index (χ3n) is 4.87. The molecule has 0 bridgehead atoms. The Morgan fingerprint density at radius 3 is 2.61 bits per heavy atom. The van der Waals surface area contributed by atoms with Crippen molar-refractivity contribution in [3.8, 4) is 0 Å². The minimum atomic E-state index is -0.420. The highest BCUT2D eigenvalue weighted by Crippen LogP contribution is 2.17. The lowest BCUT2D eigenvalue weighted by atomic mass is 10.1. The molecule has 1 amide bonds. The van der Waals surface area contributed by atoms with Gasteiger partial charge in [-0.2, -0.15) is 0 Å². The Kier molecular flexibility index (Phi) is 4.69. The number of hydrogen-bond donors (Lipinski definition) is 1. The molecule has 0 unspecified atom stereocenters. The number of rotatable bonds is 5. The van der Waals surface area contributed by atoms with Gasteiger partial charge in [0.15, 0.2) is 0 Å². The number of carbonyl (C=O) groups is 1. The zero-order chi connectivity index (χ0) is 19.7. The summed E-state index contributed by atoms with van der Waals surface area (Å²) in [5, 5.41) is 2.87. The number of hydrogen-bond acceptors (Lipinski definition) is 2. The molecule has 0 fully saturated rings. The van der Waals surface area contributed by atoms with Crippen molar-refractivity contribution >= 4 is 22.5 Å². The fraction of sp³-hybridized carbons (Fsp3) is 0.182. The SMILES string of the molecule is Cc1ccc(CNC(=O)CCn2c(=O)c3cccn3c3ccc(F)cc32)cc1. The number of nitrogens with one attached hydrogen (secondary N) is 1. The van der Waals surface area contributed by atoms with Crippen LogP contribution in [0.3, 0.4) is 0 Å². The lowest BCUT2D eigenvalue weighted by Crippen LogP contribution is -2.28. The van der Waals surface area contributed by atoms with E-state index in [2.05, 4.69) is 5.32 Å². The summed E-state index contributed by atoms with van der Waals surface area (Å²) in [6.07, 6.45) is 1.91. The summed E-state index contributed by atoms with van der Waals surface area (Å²) < 4.78 is 17.0. The molecule has 4 rings (SSSR count). The maximum atomic E-state index is 13.8. The molecular weight excluding hydrogens is 357 g/mol. The number of aromatic nitrogens is 2. The molecule has 0 aliphatic heterocycles. The monoisotopic (exact) mass is 377 g/mol. The van der Waals surface area contributed by atoms with E-state index in [9.17, 15) is 14.0 Å². The third kappa shape index (κ3) is 3.41. The van der Waals surface area contributed by atoms with Gasteiger partial charge in [-0.15, -0.1) is 0 Å². The van der Waals surface area contributed by atoms with E-state index in [1.807, 2.05) is 31.2 Å². The second kappa shape index (κ2) is 7.31. The molecule has 2 heterocycles. The summed E-state index contributed by atoms with van der Waals surface area (Å²) in [5.41, 5.74) is 3.63. The van der Waals surface area contributed by atoms with Crippen LogP contribution in [0.15, 0.2) is 65.6 Å². The molecule has 6 heteroatoms. The molecule has 2 aromatic heterocycles. The van der Waals surface area contributed by atoms with E-state index >= 15 is 0 Å². The van der Waals surface area contributed by atoms with Gasteiger partial charge >= 0.3 is 0 Å². The molecule has 0 aliphatic carbocycles. The minimum absolute atomic E-state index is 0.133. The first-order valence-corrected chi connectivity index (χ1v) is 9.14. The van der Waals surface area contributed by atoms with Crippen LogP contribution in [0.1, 0.15) is 17.5 Å². The molecule has 0 spiro atoms. The topological polar surface area (TPSA) is 55.5 Å². The zero-order valence-electron chi connectivity index (χ0n) is 15.5. The Hall–Kier alpha value is -3.41. The Morgan fingerprint density at radius 2 is 1.82 bits per heavy atom. The predicted molar refractivity (Wildman–Crippen MR) is 107 cm³/mol. The van der Waals surface area contributed by atoms with Gasteiger partial charge in [-0.25, -0.2) is 4.39 Å². The first-order chi connectivity index (χ1) is 13.5. The molecule has 28 heavy (non-hydrogen) atoms. The Morgan fingerprint density at radius 1 is 1.04 bits per heavy atom. The predicted octanol–water partition coefficient (Wildman–Crippen LogP) is 3.41. The zero-order valence-corrected chi connectivity index (χ0v) is 15.5. The number of carbonyl (C=O) groups excluding carboxylic acids is 1. The molecule has 0 radical (unpaired) electrons. The second-order valence-corrected chi connectivity index (χ2v) is 6.87. The molecule has 0 atom stereocenters. The van der Waals surface area contributed by atoms with E-state index in [1.165, 1.54) is 16.7 Å². The van der Waals surface area contributed by atoms with E-state index in [1.54, 1.807) is 28.8 Å². The van der Waals surface area contributed by atoms with Gasteiger partial charge in [0.05, 0.1) is 11.0 Å². The first-order valence-electron chi connectivity index (χ1n) is 9.14. The lowest BCUT2D eigenvalue weighted by molar-refractivity contribution is -0.121. The lowest BCUT2D eigenvalue weighted by Gasteiger charge is -2.13. The smallest absolute Gasteiger partial charge is 0.275 e. The van der Waals surface area contributed by atoms with Crippen LogP contribution in [0.2, 0.25) is 0 Å². The van der Waals surface area contributed by atoms with Crippen molar-refractivity contribution < 1.29 is 9.18 Å². The van der Waals surface area contributed by atoms with E-state index in [4.69, 9.17) is 0 Å².